The highest BCUT2D eigenvalue weighted by atomic mass is 79.9. The van der Waals surface area contributed by atoms with Crippen molar-refractivity contribution in [1.29, 1.82) is 0 Å². The Labute approximate surface area is 115 Å². The van der Waals surface area contributed by atoms with E-state index in [-0.39, 0.29) is 0 Å². The van der Waals surface area contributed by atoms with Crippen LogP contribution < -0.4 is 5.73 Å². The van der Waals surface area contributed by atoms with E-state index in [1.54, 1.807) is 11.8 Å². The molecular weight excluding hydrogens is 294 g/mol. The van der Waals surface area contributed by atoms with Gasteiger partial charge in [0.25, 0.3) is 0 Å². The van der Waals surface area contributed by atoms with Crippen molar-refractivity contribution in [2.45, 2.75) is 6.42 Å². The minimum absolute atomic E-state index is 0.639. The van der Waals surface area contributed by atoms with Crippen LogP contribution in [0.5, 0.6) is 0 Å². The van der Waals surface area contributed by atoms with E-state index in [9.17, 15) is 0 Å². The molecule has 0 aliphatic rings. The number of halogens is 1. The molecule has 0 spiro atoms. The van der Waals surface area contributed by atoms with E-state index in [4.69, 9.17) is 10.5 Å². The first-order valence-corrected chi connectivity index (χ1v) is 6.49. The number of nitrogen functional groups attached to an aromatic ring is 1. The van der Waals surface area contributed by atoms with Crippen LogP contribution in [-0.4, -0.2) is 23.5 Å². The molecule has 0 aliphatic carbocycles. The van der Waals surface area contributed by atoms with Crippen molar-refractivity contribution < 1.29 is 4.74 Å². The van der Waals surface area contributed by atoms with Crippen molar-refractivity contribution in [1.82, 2.24) is 9.78 Å². The summed E-state index contributed by atoms with van der Waals surface area (Å²) in [6.07, 6.45) is 0.757. The maximum absolute atomic E-state index is 6.09. The Morgan fingerprint density at radius 3 is 2.61 bits per heavy atom. The molecular formula is C13H16BrN3O. The molecule has 5 heteroatoms. The van der Waals surface area contributed by atoms with E-state index in [0.717, 1.165) is 27.7 Å². The Kier molecular flexibility index (Phi) is 4.04. The molecule has 1 heterocycles. The van der Waals surface area contributed by atoms with Crippen LogP contribution in [0.25, 0.3) is 11.1 Å². The van der Waals surface area contributed by atoms with Gasteiger partial charge in [0.2, 0.25) is 0 Å². The second-order valence-corrected chi connectivity index (χ2v) is 5.00. The predicted octanol–water partition coefficient (Wildman–Crippen LogP) is 2.62. The molecule has 0 atom stereocenters. The maximum Gasteiger partial charge on any atom is 0.129 e. The topological polar surface area (TPSA) is 53.1 Å². The van der Waals surface area contributed by atoms with Gasteiger partial charge >= 0.3 is 0 Å². The number of nitrogens with two attached hydrogens (primary N) is 1. The lowest BCUT2D eigenvalue weighted by molar-refractivity contribution is 0.201. The Bertz CT molecular complexity index is 534. The van der Waals surface area contributed by atoms with Gasteiger partial charge in [-0.25, -0.2) is 0 Å². The standard InChI is InChI=1S/C13H16BrN3O/c1-17-13(15)12(11(16-17)7-8-18-2)9-3-5-10(14)6-4-9/h3-6H,7-8,15H2,1-2H3. The first-order valence-electron chi connectivity index (χ1n) is 5.69. The molecule has 2 aromatic rings. The summed E-state index contributed by atoms with van der Waals surface area (Å²) in [4.78, 5) is 0. The molecule has 96 valence electrons. The van der Waals surface area contributed by atoms with Gasteiger partial charge in [0.1, 0.15) is 5.82 Å². The molecule has 1 aromatic heterocycles. The molecule has 1 aromatic carbocycles. The van der Waals surface area contributed by atoms with Crippen LogP contribution in [0, 0.1) is 0 Å². The van der Waals surface area contributed by atoms with Crippen molar-refractivity contribution in [2.75, 3.05) is 19.5 Å². The summed E-state index contributed by atoms with van der Waals surface area (Å²) < 4.78 is 7.87. The summed E-state index contributed by atoms with van der Waals surface area (Å²) in [6, 6.07) is 8.07. The number of nitrogens with zero attached hydrogens (tertiary/aromatic N) is 2. The number of ether oxygens (including phenoxy) is 1. The second kappa shape index (κ2) is 5.54. The van der Waals surface area contributed by atoms with E-state index in [2.05, 4.69) is 21.0 Å². The number of rotatable bonds is 4. The van der Waals surface area contributed by atoms with E-state index >= 15 is 0 Å². The molecule has 0 saturated carbocycles. The van der Waals surface area contributed by atoms with Crippen molar-refractivity contribution >= 4 is 21.7 Å². The fraction of sp³-hybridized carbons (Fsp3) is 0.308. The van der Waals surface area contributed by atoms with E-state index in [0.29, 0.717) is 12.4 Å². The van der Waals surface area contributed by atoms with Crippen LogP contribution in [0.15, 0.2) is 28.7 Å². The van der Waals surface area contributed by atoms with E-state index in [1.807, 2.05) is 31.3 Å². The number of anilines is 1. The highest BCUT2D eigenvalue weighted by Crippen LogP contribution is 2.30. The van der Waals surface area contributed by atoms with Gasteiger partial charge in [-0.05, 0) is 17.7 Å². The third-order valence-electron chi connectivity index (χ3n) is 2.84. The Hall–Kier alpha value is -1.33. The Morgan fingerprint density at radius 2 is 2.00 bits per heavy atom. The first-order chi connectivity index (χ1) is 8.63. The van der Waals surface area contributed by atoms with E-state index in [1.165, 1.54) is 0 Å². The van der Waals surface area contributed by atoms with Gasteiger partial charge < -0.3 is 10.5 Å². The molecule has 2 N–H and O–H groups in total. The number of hydrogen-bond donors (Lipinski definition) is 1. The van der Waals surface area contributed by atoms with Crippen molar-refractivity contribution in [3.8, 4) is 11.1 Å². The zero-order chi connectivity index (χ0) is 13.1. The molecule has 0 unspecified atom stereocenters. The van der Waals surface area contributed by atoms with Crippen LogP contribution in [0.2, 0.25) is 0 Å². The summed E-state index contributed by atoms with van der Waals surface area (Å²) in [7, 11) is 3.54. The smallest absolute Gasteiger partial charge is 0.129 e. The normalized spacial score (nSPS) is 10.8. The monoisotopic (exact) mass is 309 g/mol. The van der Waals surface area contributed by atoms with Crippen molar-refractivity contribution in [3.05, 3.63) is 34.4 Å². The zero-order valence-electron chi connectivity index (χ0n) is 10.5. The fourth-order valence-corrected chi connectivity index (χ4v) is 2.16. The first kappa shape index (κ1) is 13.1. The van der Waals surface area contributed by atoms with Crippen LogP contribution in [0.3, 0.4) is 0 Å². The third kappa shape index (κ3) is 2.57. The molecule has 0 aliphatic heterocycles. The lowest BCUT2D eigenvalue weighted by Gasteiger charge is -2.04. The Morgan fingerprint density at radius 1 is 1.33 bits per heavy atom. The van der Waals surface area contributed by atoms with E-state index < -0.39 is 0 Å². The minimum Gasteiger partial charge on any atom is -0.384 e. The van der Waals surface area contributed by atoms with Gasteiger partial charge in [0.15, 0.2) is 0 Å². The molecule has 0 saturated heterocycles. The zero-order valence-corrected chi connectivity index (χ0v) is 12.1. The minimum atomic E-state index is 0.639. The molecule has 4 nitrogen and oxygen atoms in total. The number of methoxy groups -OCH3 is 1. The maximum atomic E-state index is 6.09. The van der Waals surface area contributed by atoms with Crippen LogP contribution in [0.1, 0.15) is 5.69 Å². The fourth-order valence-electron chi connectivity index (χ4n) is 1.90. The van der Waals surface area contributed by atoms with Crippen LogP contribution in [0.4, 0.5) is 5.82 Å². The summed E-state index contributed by atoms with van der Waals surface area (Å²) in [6.45, 7) is 0.639. The quantitative estimate of drug-likeness (QED) is 0.944. The number of benzene rings is 1. The molecule has 0 fully saturated rings. The number of hydrogen-bond acceptors (Lipinski definition) is 3. The molecule has 0 radical (unpaired) electrons. The van der Waals surface area contributed by atoms with Crippen molar-refractivity contribution in [3.63, 3.8) is 0 Å². The second-order valence-electron chi connectivity index (χ2n) is 4.08. The lowest BCUT2D eigenvalue weighted by Crippen LogP contribution is -1.98. The highest BCUT2D eigenvalue weighted by Gasteiger charge is 2.15. The van der Waals surface area contributed by atoms with Crippen LogP contribution >= 0.6 is 15.9 Å². The van der Waals surface area contributed by atoms with Gasteiger partial charge in [-0.2, -0.15) is 5.10 Å². The summed E-state index contributed by atoms with van der Waals surface area (Å²) in [5.41, 5.74) is 9.15. The average Bonchev–Trinajstić information content (AvgIpc) is 2.64. The van der Waals surface area contributed by atoms with Gasteiger partial charge in [-0.3, -0.25) is 4.68 Å². The van der Waals surface area contributed by atoms with Crippen LogP contribution in [-0.2, 0) is 18.2 Å². The SMILES string of the molecule is COCCc1nn(C)c(N)c1-c1ccc(Br)cc1. The summed E-state index contributed by atoms with van der Waals surface area (Å²) >= 11 is 3.43. The molecule has 0 amide bonds. The summed E-state index contributed by atoms with van der Waals surface area (Å²) in [5.74, 6) is 0.684. The lowest BCUT2D eigenvalue weighted by atomic mass is 10.0. The average molecular weight is 310 g/mol. The predicted molar refractivity (Wildman–Crippen MR) is 76.3 cm³/mol. The third-order valence-corrected chi connectivity index (χ3v) is 3.37. The van der Waals surface area contributed by atoms with Gasteiger partial charge in [-0.15, -0.1) is 0 Å². The summed E-state index contributed by atoms with van der Waals surface area (Å²) in [5, 5.41) is 4.45. The van der Waals surface area contributed by atoms with Gasteiger partial charge in [0, 0.05) is 30.6 Å². The number of aromatic nitrogens is 2. The highest BCUT2D eigenvalue weighted by molar-refractivity contribution is 9.10. The molecule has 0 bridgehead atoms. The largest absolute Gasteiger partial charge is 0.384 e. The van der Waals surface area contributed by atoms with Crippen molar-refractivity contribution in [2.24, 2.45) is 7.05 Å². The molecule has 2 rings (SSSR count). The molecule has 18 heavy (non-hydrogen) atoms. The number of aryl methyl sites for hydroxylation is 1. The van der Waals surface area contributed by atoms with Gasteiger partial charge in [0.05, 0.1) is 12.3 Å². The van der Waals surface area contributed by atoms with Gasteiger partial charge in [-0.1, -0.05) is 28.1 Å². The Balaban J connectivity index is 2.44.